The third-order valence-electron chi connectivity index (χ3n) is 11.6. The number of anilines is 1. The Kier molecular flexibility index (Phi) is 10.0. The van der Waals surface area contributed by atoms with Gasteiger partial charge in [0.2, 0.25) is 0 Å². The highest BCUT2D eigenvalue weighted by Gasteiger charge is 2.40. The summed E-state index contributed by atoms with van der Waals surface area (Å²) in [5.41, 5.74) is 18.3. The summed E-state index contributed by atoms with van der Waals surface area (Å²) in [6, 6.07) is 23.8. The van der Waals surface area contributed by atoms with Crippen molar-refractivity contribution in [3.63, 3.8) is 0 Å². The SMILES string of the molecule is COc1c(C(C)(C)C)cc(P(c2cc(C(C)(C)C)c(OC)c(C(C)(C)C)c2)c2cccc3c2C([C@H]2CCc4cccc(N)c42)CC3)cc1C(C)(C)C. The van der Waals surface area contributed by atoms with Crippen LogP contribution in [0, 0.1) is 0 Å². The van der Waals surface area contributed by atoms with Gasteiger partial charge in [0.1, 0.15) is 11.5 Å². The molecule has 6 rings (SSSR count). The van der Waals surface area contributed by atoms with Crippen molar-refractivity contribution in [3.05, 3.63) is 105 Å². The summed E-state index contributed by atoms with van der Waals surface area (Å²) in [6.07, 6.45) is 4.55. The van der Waals surface area contributed by atoms with E-state index in [4.69, 9.17) is 15.2 Å². The average Bonchev–Trinajstić information content (AvgIpc) is 3.68. The molecule has 0 aliphatic heterocycles. The fourth-order valence-corrected chi connectivity index (χ4v) is 11.7. The largest absolute Gasteiger partial charge is 0.496 e. The lowest BCUT2D eigenvalue weighted by Gasteiger charge is -2.35. The highest BCUT2D eigenvalue weighted by atomic mass is 31.1. The number of rotatable bonds is 6. The lowest BCUT2D eigenvalue weighted by molar-refractivity contribution is 0.381. The first kappa shape index (κ1) is 38.4. The first-order valence-electron chi connectivity index (χ1n) is 19.4. The van der Waals surface area contributed by atoms with Crippen LogP contribution in [0.15, 0.2) is 60.7 Å². The molecule has 1 unspecified atom stereocenters. The normalized spacial score (nSPS) is 17.8. The maximum atomic E-state index is 6.79. The van der Waals surface area contributed by atoms with Crippen molar-refractivity contribution in [3.8, 4) is 11.5 Å². The second-order valence-corrected chi connectivity index (χ2v) is 21.7. The van der Waals surface area contributed by atoms with E-state index in [1.807, 2.05) is 14.2 Å². The Bertz CT molecular complexity index is 1820. The molecule has 0 radical (unpaired) electrons. The van der Waals surface area contributed by atoms with Crippen molar-refractivity contribution in [1.82, 2.24) is 0 Å². The van der Waals surface area contributed by atoms with Crippen LogP contribution in [0.3, 0.4) is 0 Å². The molecule has 0 amide bonds. The highest BCUT2D eigenvalue weighted by Crippen LogP contribution is 2.53. The molecular weight excluding hydrogens is 654 g/mol. The number of nitrogen functional groups attached to an aromatic ring is 1. The molecule has 2 N–H and O–H groups in total. The number of fused-ring (bicyclic) bond motifs is 2. The molecular formula is C48H64NO2P. The lowest BCUT2D eigenvalue weighted by atomic mass is 9.79. The number of nitrogens with two attached hydrogens (primary N) is 1. The molecule has 0 bridgehead atoms. The maximum Gasteiger partial charge on any atom is 0.126 e. The van der Waals surface area contributed by atoms with Gasteiger partial charge in [0.25, 0.3) is 0 Å². The molecule has 52 heavy (non-hydrogen) atoms. The summed E-state index contributed by atoms with van der Waals surface area (Å²) in [5, 5.41) is 4.27. The molecule has 2 aliphatic carbocycles. The Morgan fingerprint density at radius 3 is 1.29 bits per heavy atom. The van der Waals surface area contributed by atoms with Gasteiger partial charge in [-0.3, -0.25) is 0 Å². The lowest BCUT2D eigenvalue weighted by Crippen LogP contribution is -2.30. The maximum absolute atomic E-state index is 6.79. The summed E-state index contributed by atoms with van der Waals surface area (Å²) < 4.78 is 12.6. The summed E-state index contributed by atoms with van der Waals surface area (Å²) in [7, 11) is 2.69. The van der Waals surface area contributed by atoms with E-state index >= 15 is 0 Å². The molecule has 0 heterocycles. The molecule has 2 aliphatic rings. The molecule has 0 fully saturated rings. The van der Waals surface area contributed by atoms with Crippen molar-refractivity contribution < 1.29 is 9.47 Å². The number of hydrogen-bond donors (Lipinski definition) is 1. The van der Waals surface area contributed by atoms with Gasteiger partial charge in [0, 0.05) is 27.9 Å². The van der Waals surface area contributed by atoms with Gasteiger partial charge in [-0.1, -0.05) is 113 Å². The van der Waals surface area contributed by atoms with Crippen LogP contribution >= 0.6 is 7.92 Å². The number of hydrogen-bond acceptors (Lipinski definition) is 3. The minimum atomic E-state index is -0.995. The van der Waals surface area contributed by atoms with E-state index < -0.39 is 7.92 Å². The molecule has 4 heteroatoms. The molecule has 4 aromatic carbocycles. The van der Waals surface area contributed by atoms with Crippen LogP contribution in [0.1, 0.15) is 152 Å². The van der Waals surface area contributed by atoms with Crippen LogP contribution < -0.4 is 31.1 Å². The van der Waals surface area contributed by atoms with E-state index in [9.17, 15) is 0 Å². The van der Waals surface area contributed by atoms with Crippen molar-refractivity contribution >= 4 is 29.5 Å². The molecule has 0 aromatic heterocycles. The minimum Gasteiger partial charge on any atom is -0.496 e. The van der Waals surface area contributed by atoms with E-state index in [2.05, 4.69) is 144 Å². The number of benzene rings is 4. The molecule has 0 spiro atoms. The smallest absolute Gasteiger partial charge is 0.126 e. The van der Waals surface area contributed by atoms with Crippen LogP contribution in [0.5, 0.6) is 11.5 Å². The summed E-state index contributed by atoms with van der Waals surface area (Å²) >= 11 is 0. The first-order valence-corrected chi connectivity index (χ1v) is 20.8. The standard InChI is InChI=1S/C48H64NO2P/c1-45(2,3)35-25-31(26-36(43(35)50-13)46(4,5)6)52(32-27-37(47(7,8)9)44(51-14)38(28-32)48(10,11)12)40-20-16-18-30-22-24-34(42(30)40)33-23-21-29-17-15-19-39(49)41(29)33/h15-20,25-28,33-34H,21-24,49H2,1-14H3/t33-,34?/m1/s1. The third-order valence-corrected chi connectivity index (χ3v) is 14.0. The van der Waals surface area contributed by atoms with Crippen molar-refractivity contribution in [2.45, 2.75) is 142 Å². The molecule has 2 atom stereocenters. The van der Waals surface area contributed by atoms with Gasteiger partial charge in [-0.15, -0.1) is 0 Å². The molecule has 3 nitrogen and oxygen atoms in total. The number of methoxy groups -OCH3 is 2. The number of ether oxygens (including phenoxy) is 2. The van der Waals surface area contributed by atoms with Crippen LogP contribution in [0.4, 0.5) is 5.69 Å². The van der Waals surface area contributed by atoms with Crippen LogP contribution in [-0.2, 0) is 34.5 Å². The fraction of sp³-hybridized carbons (Fsp3) is 0.500. The Balaban J connectivity index is 1.73. The monoisotopic (exact) mass is 717 g/mol. The zero-order chi connectivity index (χ0) is 38.1. The van der Waals surface area contributed by atoms with Crippen LogP contribution in [0.2, 0.25) is 0 Å². The van der Waals surface area contributed by atoms with E-state index in [0.717, 1.165) is 36.4 Å². The summed E-state index contributed by atoms with van der Waals surface area (Å²) in [5.74, 6) is 2.92. The molecule has 278 valence electrons. The predicted octanol–water partition coefficient (Wildman–Crippen LogP) is 11.0. The van der Waals surface area contributed by atoms with Gasteiger partial charge in [0.15, 0.2) is 0 Å². The fourth-order valence-electron chi connectivity index (χ4n) is 9.04. The Labute approximate surface area is 316 Å². The van der Waals surface area contributed by atoms with Gasteiger partial charge >= 0.3 is 0 Å². The van der Waals surface area contributed by atoms with Gasteiger partial charge < -0.3 is 15.2 Å². The van der Waals surface area contributed by atoms with Crippen LogP contribution in [-0.4, -0.2) is 14.2 Å². The Morgan fingerprint density at radius 1 is 0.538 bits per heavy atom. The zero-order valence-electron chi connectivity index (χ0n) is 34.6. The molecule has 0 saturated heterocycles. The Morgan fingerprint density at radius 2 is 0.904 bits per heavy atom. The van der Waals surface area contributed by atoms with E-state index in [1.165, 1.54) is 61.3 Å². The second kappa shape index (κ2) is 13.5. The third kappa shape index (κ3) is 6.93. The topological polar surface area (TPSA) is 44.5 Å². The van der Waals surface area contributed by atoms with E-state index in [-0.39, 0.29) is 21.7 Å². The van der Waals surface area contributed by atoms with Gasteiger partial charge in [-0.2, -0.15) is 0 Å². The van der Waals surface area contributed by atoms with Crippen molar-refractivity contribution in [1.29, 1.82) is 0 Å². The van der Waals surface area contributed by atoms with Crippen LogP contribution in [0.25, 0.3) is 0 Å². The Hall–Kier alpha value is -3.29. The van der Waals surface area contributed by atoms with Gasteiger partial charge in [-0.25, -0.2) is 0 Å². The minimum absolute atomic E-state index is 0.109. The molecule has 4 aromatic rings. The second-order valence-electron chi connectivity index (χ2n) is 19.5. The van der Waals surface area contributed by atoms with Gasteiger partial charge in [-0.05, 0) is 136 Å². The number of aryl methyl sites for hydroxylation is 2. The van der Waals surface area contributed by atoms with Crippen molar-refractivity contribution in [2.24, 2.45) is 0 Å². The summed E-state index contributed by atoms with van der Waals surface area (Å²) in [4.78, 5) is 0. The predicted molar refractivity (Wildman–Crippen MR) is 226 cm³/mol. The van der Waals surface area contributed by atoms with E-state index in [1.54, 1.807) is 5.56 Å². The van der Waals surface area contributed by atoms with Gasteiger partial charge in [0.05, 0.1) is 14.2 Å². The molecule has 0 saturated carbocycles. The van der Waals surface area contributed by atoms with E-state index in [0.29, 0.717) is 11.8 Å². The quantitative estimate of drug-likeness (QED) is 0.160. The highest BCUT2D eigenvalue weighted by molar-refractivity contribution is 7.80. The average molecular weight is 718 g/mol. The summed E-state index contributed by atoms with van der Waals surface area (Å²) in [6.45, 7) is 27.9. The zero-order valence-corrected chi connectivity index (χ0v) is 35.5. The van der Waals surface area contributed by atoms with Crippen molar-refractivity contribution in [2.75, 3.05) is 20.0 Å². The first-order chi connectivity index (χ1) is 24.2.